The minimum atomic E-state index is -0.467. The van der Waals surface area contributed by atoms with Crippen molar-refractivity contribution in [3.63, 3.8) is 0 Å². The van der Waals surface area contributed by atoms with Crippen molar-refractivity contribution in [2.75, 3.05) is 33.4 Å². The Labute approximate surface area is 103 Å². The maximum absolute atomic E-state index is 11.8. The van der Waals surface area contributed by atoms with Gasteiger partial charge in [-0.25, -0.2) is 0 Å². The highest BCUT2D eigenvalue weighted by atomic mass is 16.5. The first-order chi connectivity index (χ1) is 8.01. The molecule has 100 valence electrons. The average molecular weight is 244 g/mol. The van der Waals surface area contributed by atoms with Crippen LogP contribution in [0, 0.1) is 0 Å². The highest BCUT2D eigenvalue weighted by Gasteiger charge is 2.33. The Kier molecular flexibility index (Phi) is 5.36. The molecule has 17 heavy (non-hydrogen) atoms. The number of rotatable bonds is 5. The number of ether oxygens (including phenoxy) is 2. The van der Waals surface area contributed by atoms with E-state index in [4.69, 9.17) is 15.2 Å². The van der Waals surface area contributed by atoms with E-state index in [0.29, 0.717) is 13.2 Å². The van der Waals surface area contributed by atoms with E-state index in [1.165, 1.54) is 0 Å². The molecule has 0 saturated carbocycles. The van der Waals surface area contributed by atoms with E-state index in [0.717, 1.165) is 19.4 Å². The minimum Gasteiger partial charge on any atom is -0.378 e. The smallest absolute Gasteiger partial charge is 0.248 e. The summed E-state index contributed by atoms with van der Waals surface area (Å²) in [5.74, 6) is -0.0154. The summed E-state index contributed by atoms with van der Waals surface area (Å²) in [5.41, 5.74) is 5.26. The molecule has 0 bridgehead atoms. The van der Waals surface area contributed by atoms with Crippen LogP contribution in [0.5, 0.6) is 0 Å². The SMILES string of the molecule is CC(C)N(C)C(=O)COC1(CN)CCCOC1. The van der Waals surface area contributed by atoms with Gasteiger partial charge in [-0.3, -0.25) is 4.79 Å². The van der Waals surface area contributed by atoms with Gasteiger partial charge in [-0.1, -0.05) is 0 Å². The van der Waals surface area contributed by atoms with Crippen LogP contribution in [0.1, 0.15) is 26.7 Å². The van der Waals surface area contributed by atoms with Crippen LogP contribution < -0.4 is 5.73 Å². The van der Waals surface area contributed by atoms with E-state index >= 15 is 0 Å². The first kappa shape index (κ1) is 14.4. The Morgan fingerprint density at radius 1 is 1.59 bits per heavy atom. The average Bonchev–Trinajstić information content (AvgIpc) is 2.36. The molecule has 0 aliphatic carbocycles. The summed E-state index contributed by atoms with van der Waals surface area (Å²) in [6.07, 6.45) is 1.80. The van der Waals surface area contributed by atoms with E-state index in [1.807, 2.05) is 13.8 Å². The molecule has 5 heteroatoms. The summed E-state index contributed by atoms with van der Waals surface area (Å²) in [4.78, 5) is 13.5. The third kappa shape index (κ3) is 3.94. The molecule has 5 nitrogen and oxygen atoms in total. The van der Waals surface area contributed by atoms with Crippen molar-refractivity contribution < 1.29 is 14.3 Å². The van der Waals surface area contributed by atoms with Gasteiger partial charge in [-0.2, -0.15) is 0 Å². The monoisotopic (exact) mass is 244 g/mol. The van der Waals surface area contributed by atoms with Crippen LogP contribution in [0.4, 0.5) is 0 Å². The maximum atomic E-state index is 11.8. The zero-order valence-electron chi connectivity index (χ0n) is 11.1. The van der Waals surface area contributed by atoms with Gasteiger partial charge in [0.25, 0.3) is 0 Å². The van der Waals surface area contributed by atoms with Gasteiger partial charge in [-0.05, 0) is 26.7 Å². The number of amides is 1. The Morgan fingerprint density at radius 2 is 2.29 bits per heavy atom. The summed E-state index contributed by atoms with van der Waals surface area (Å²) in [5, 5.41) is 0. The number of carbonyl (C=O) groups is 1. The Balaban J connectivity index is 2.44. The fourth-order valence-electron chi connectivity index (χ4n) is 1.77. The van der Waals surface area contributed by atoms with E-state index in [1.54, 1.807) is 11.9 Å². The van der Waals surface area contributed by atoms with E-state index in [9.17, 15) is 4.79 Å². The van der Waals surface area contributed by atoms with Gasteiger partial charge in [-0.15, -0.1) is 0 Å². The summed E-state index contributed by atoms with van der Waals surface area (Å²) in [7, 11) is 1.78. The topological polar surface area (TPSA) is 64.8 Å². The van der Waals surface area contributed by atoms with Crippen LogP contribution in [-0.2, 0) is 14.3 Å². The van der Waals surface area contributed by atoms with Gasteiger partial charge in [0.15, 0.2) is 0 Å². The lowest BCUT2D eigenvalue weighted by Crippen LogP contribution is -2.50. The fourth-order valence-corrected chi connectivity index (χ4v) is 1.77. The molecule has 1 amide bonds. The molecule has 1 saturated heterocycles. The lowest BCUT2D eigenvalue weighted by Gasteiger charge is -2.36. The van der Waals surface area contributed by atoms with Gasteiger partial charge in [0.1, 0.15) is 12.2 Å². The molecule has 0 spiro atoms. The number of hydrogen-bond donors (Lipinski definition) is 1. The number of nitrogens with two attached hydrogens (primary N) is 1. The number of hydrogen-bond acceptors (Lipinski definition) is 4. The molecule has 2 N–H and O–H groups in total. The van der Waals surface area contributed by atoms with Crippen LogP contribution in [0.15, 0.2) is 0 Å². The van der Waals surface area contributed by atoms with Gasteiger partial charge in [0, 0.05) is 26.2 Å². The molecule has 1 atom stereocenters. The van der Waals surface area contributed by atoms with Crippen molar-refractivity contribution in [2.45, 2.75) is 38.3 Å². The third-order valence-corrected chi connectivity index (χ3v) is 3.33. The van der Waals surface area contributed by atoms with Crippen LogP contribution in [-0.4, -0.2) is 55.9 Å². The zero-order chi connectivity index (χ0) is 12.9. The Morgan fingerprint density at radius 3 is 2.76 bits per heavy atom. The van der Waals surface area contributed by atoms with Crippen molar-refractivity contribution in [3.05, 3.63) is 0 Å². The van der Waals surface area contributed by atoms with Gasteiger partial charge in [0.2, 0.25) is 5.91 Å². The molecule has 0 aromatic rings. The lowest BCUT2D eigenvalue weighted by atomic mass is 9.96. The van der Waals surface area contributed by atoms with Gasteiger partial charge in [0.05, 0.1) is 6.61 Å². The van der Waals surface area contributed by atoms with Crippen LogP contribution in [0.3, 0.4) is 0 Å². The first-order valence-electron chi connectivity index (χ1n) is 6.18. The molecule has 1 aliphatic rings. The van der Waals surface area contributed by atoms with Crippen molar-refractivity contribution in [1.82, 2.24) is 4.90 Å². The van der Waals surface area contributed by atoms with Crippen LogP contribution in [0.2, 0.25) is 0 Å². The standard InChI is InChI=1S/C12H24N2O3/c1-10(2)14(3)11(15)7-17-12(8-13)5-4-6-16-9-12/h10H,4-9,13H2,1-3H3. The summed E-state index contributed by atoms with van der Waals surface area (Å²) in [6, 6.07) is 0.183. The van der Waals surface area contributed by atoms with E-state index in [-0.39, 0.29) is 18.6 Å². The molecule has 0 radical (unpaired) electrons. The molecule has 1 aliphatic heterocycles. The Hall–Kier alpha value is -0.650. The zero-order valence-corrected chi connectivity index (χ0v) is 11.1. The molecule has 0 aromatic heterocycles. The molecular formula is C12H24N2O3. The Bertz CT molecular complexity index is 250. The van der Waals surface area contributed by atoms with Crippen molar-refractivity contribution in [2.24, 2.45) is 5.73 Å². The lowest BCUT2D eigenvalue weighted by molar-refractivity contribution is -0.155. The minimum absolute atomic E-state index is 0.0154. The third-order valence-electron chi connectivity index (χ3n) is 3.33. The second-order valence-corrected chi connectivity index (χ2v) is 4.93. The quantitative estimate of drug-likeness (QED) is 0.759. The largest absolute Gasteiger partial charge is 0.378 e. The molecule has 1 fully saturated rings. The molecule has 1 unspecified atom stereocenters. The van der Waals surface area contributed by atoms with Crippen LogP contribution in [0.25, 0.3) is 0 Å². The van der Waals surface area contributed by atoms with Gasteiger partial charge < -0.3 is 20.1 Å². The predicted octanol–water partition coefficient (Wildman–Crippen LogP) is 0.378. The number of likely N-dealkylation sites (N-methyl/N-ethyl adjacent to an activating group) is 1. The number of nitrogens with zero attached hydrogens (tertiary/aromatic N) is 1. The first-order valence-corrected chi connectivity index (χ1v) is 6.18. The molecule has 0 aromatic carbocycles. The normalized spacial score (nSPS) is 25.0. The molecular weight excluding hydrogens is 220 g/mol. The molecule has 1 rings (SSSR count). The highest BCUT2D eigenvalue weighted by molar-refractivity contribution is 5.77. The molecule has 1 heterocycles. The summed E-state index contributed by atoms with van der Waals surface area (Å²) in [6.45, 7) is 5.66. The van der Waals surface area contributed by atoms with Crippen molar-refractivity contribution in [1.29, 1.82) is 0 Å². The number of carbonyl (C=O) groups excluding carboxylic acids is 1. The van der Waals surface area contributed by atoms with Crippen molar-refractivity contribution in [3.8, 4) is 0 Å². The van der Waals surface area contributed by atoms with E-state index in [2.05, 4.69) is 0 Å². The second-order valence-electron chi connectivity index (χ2n) is 4.93. The van der Waals surface area contributed by atoms with Gasteiger partial charge >= 0.3 is 0 Å². The summed E-state index contributed by atoms with van der Waals surface area (Å²) >= 11 is 0. The van der Waals surface area contributed by atoms with E-state index < -0.39 is 5.60 Å². The maximum Gasteiger partial charge on any atom is 0.248 e. The second kappa shape index (κ2) is 6.33. The predicted molar refractivity (Wildman–Crippen MR) is 65.7 cm³/mol. The highest BCUT2D eigenvalue weighted by Crippen LogP contribution is 2.22. The van der Waals surface area contributed by atoms with Crippen LogP contribution >= 0.6 is 0 Å². The fraction of sp³-hybridized carbons (Fsp3) is 0.917. The summed E-state index contributed by atoms with van der Waals surface area (Å²) < 4.78 is 11.1. The van der Waals surface area contributed by atoms with Crippen molar-refractivity contribution >= 4 is 5.91 Å².